The Morgan fingerprint density at radius 3 is 2.50 bits per heavy atom. The average molecular weight is 389 g/mol. The summed E-state index contributed by atoms with van der Waals surface area (Å²) in [5, 5.41) is 4.97. The Morgan fingerprint density at radius 1 is 1.08 bits per heavy atom. The highest BCUT2D eigenvalue weighted by Crippen LogP contribution is 2.40. The van der Waals surface area contributed by atoms with Crippen molar-refractivity contribution in [2.75, 3.05) is 4.90 Å². The number of oxime groups is 1. The Bertz CT molecular complexity index is 956. The van der Waals surface area contributed by atoms with Crippen molar-refractivity contribution >= 4 is 46.4 Å². The van der Waals surface area contributed by atoms with Gasteiger partial charge in [-0.1, -0.05) is 52.1 Å². The Hall–Kier alpha value is -2.37. The monoisotopic (exact) mass is 388 g/mol. The zero-order valence-electron chi connectivity index (χ0n) is 13.8. The molecule has 4 rings (SSSR count). The number of anilines is 1. The first-order chi connectivity index (χ1) is 12.4. The van der Waals surface area contributed by atoms with Crippen molar-refractivity contribution in [1.82, 2.24) is 0 Å². The number of amides is 2. The largest absolute Gasteiger partial charge is 0.378 e. The number of halogens is 2. The molecule has 1 atom stereocenters. The summed E-state index contributed by atoms with van der Waals surface area (Å²) < 4.78 is 0. The van der Waals surface area contributed by atoms with E-state index < -0.39 is 11.5 Å². The summed E-state index contributed by atoms with van der Waals surface area (Å²) in [6.45, 7) is 1.94. The maximum Gasteiger partial charge on any atom is 0.281 e. The van der Waals surface area contributed by atoms with Crippen molar-refractivity contribution in [3.05, 3.63) is 63.6 Å². The van der Waals surface area contributed by atoms with Crippen LogP contribution in [-0.2, 0) is 14.4 Å². The van der Waals surface area contributed by atoms with Crippen LogP contribution in [0.4, 0.5) is 5.69 Å². The van der Waals surface area contributed by atoms with Crippen LogP contribution in [0.5, 0.6) is 0 Å². The van der Waals surface area contributed by atoms with Crippen LogP contribution in [-0.4, -0.2) is 23.1 Å². The second kappa shape index (κ2) is 6.11. The van der Waals surface area contributed by atoms with E-state index in [0.29, 0.717) is 27.0 Å². The van der Waals surface area contributed by atoms with E-state index in [1.807, 2.05) is 19.1 Å². The predicted octanol–water partition coefficient (Wildman–Crippen LogP) is 4.13. The minimum absolute atomic E-state index is 0.0576. The van der Waals surface area contributed by atoms with Crippen molar-refractivity contribution in [1.29, 1.82) is 0 Å². The number of rotatable bonds is 2. The van der Waals surface area contributed by atoms with Gasteiger partial charge in [0.15, 0.2) is 0 Å². The molecular formula is C19H14Cl2N2O3. The first-order valence-corrected chi connectivity index (χ1v) is 8.80. The molecule has 0 unspecified atom stereocenters. The van der Waals surface area contributed by atoms with Crippen LogP contribution in [0.1, 0.15) is 24.0 Å². The summed E-state index contributed by atoms with van der Waals surface area (Å²) in [6, 6.07) is 12.2. The molecule has 0 saturated carbocycles. The molecule has 1 saturated heterocycles. The summed E-state index contributed by atoms with van der Waals surface area (Å²) in [7, 11) is 0. The lowest BCUT2D eigenvalue weighted by atomic mass is 9.92. The fourth-order valence-corrected chi connectivity index (χ4v) is 3.74. The van der Waals surface area contributed by atoms with Gasteiger partial charge in [0.1, 0.15) is 0 Å². The van der Waals surface area contributed by atoms with Gasteiger partial charge in [-0.05, 0) is 31.2 Å². The Balaban J connectivity index is 1.62. The highest BCUT2D eigenvalue weighted by molar-refractivity contribution is 6.37. The Labute approximate surface area is 160 Å². The molecule has 0 N–H and O–H groups in total. The number of carbonyl (C=O) groups excluding carboxylic acids is 2. The maximum absolute atomic E-state index is 13.0. The van der Waals surface area contributed by atoms with Crippen LogP contribution < -0.4 is 4.90 Å². The summed E-state index contributed by atoms with van der Waals surface area (Å²) in [5.74, 6) is -0.715. The van der Waals surface area contributed by atoms with Crippen molar-refractivity contribution < 1.29 is 14.4 Å². The van der Waals surface area contributed by atoms with Gasteiger partial charge in [0.25, 0.3) is 5.91 Å². The first kappa shape index (κ1) is 17.1. The molecule has 2 aliphatic heterocycles. The lowest BCUT2D eigenvalue weighted by Crippen LogP contribution is -2.40. The molecule has 5 nitrogen and oxygen atoms in total. The third-order valence-electron chi connectivity index (χ3n) is 4.60. The molecule has 1 fully saturated rings. The molecule has 2 aromatic carbocycles. The van der Waals surface area contributed by atoms with Crippen molar-refractivity contribution in [2.24, 2.45) is 5.16 Å². The minimum Gasteiger partial charge on any atom is -0.378 e. The van der Waals surface area contributed by atoms with E-state index in [4.69, 9.17) is 28.0 Å². The first-order valence-electron chi connectivity index (χ1n) is 8.04. The second-order valence-corrected chi connectivity index (χ2v) is 7.31. The van der Waals surface area contributed by atoms with Crippen LogP contribution >= 0.6 is 23.2 Å². The highest BCUT2D eigenvalue weighted by atomic mass is 35.5. The number of benzene rings is 2. The summed E-state index contributed by atoms with van der Waals surface area (Å²) in [4.78, 5) is 32.2. The van der Waals surface area contributed by atoms with Gasteiger partial charge in [0, 0.05) is 17.0 Å². The van der Waals surface area contributed by atoms with Gasteiger partial charge in [0.05, 0.1) is 22.8 Å². The topological polar surface area (TPSA) is 59.0 Å². The van der Waals surface area contributed by atoms with Crippen molar-refractivity contribution in [2.45, 2.75) is 25.4 Å². The standard InChI is InChI=1S/C19H14Cl2N2O3/c1-11-2-5-13(6-3-11)23-17(24)10-19(18(23)25)9-16(22-26-19)14-7-4-12(20)8-15(14)21/h2-8H,9-10H2,1H3/t19-/m1/s1. The van der Waals surface area contributed by atoms with Crippen LogP contribution in [0, 0.1) is 6.92 Å². The molecular weight excluding hydrogens is 375 g/mol. The quantitative estimate of drug-likeness (QED) is 0.726. The summed E-state index contributed by atoms with van der Waals surface area (Å²) >= 11 is 12.1. The van der Waals surface area contributed by atoms with E-state index in [0.717, 1.165) is 5.56 Å². The fourth-order valence-electron chi connectivity index (χ4n) is 3.23. The van der Waals surface area contributed by atoms with E-state index in [9.17, 15) is 9.59 Å². The fraction of sp³-hybridized carbons (Fsp3) is 0.211. The van der Waals surface area contributed by atoms with E-state index in [2.05, 4.69) is 5.16 Å². The molecule has 0 aromatic heterocycles. The minimum atomic E-state index is -1.31. The van der Waals surface area contributed by atoms with Gasteiger partial charge >= 0.3 is 0 Å². The molecule has 132 valence electrons. The zero-order chi connectivity index (χ0) is 18.5. The van der Waals surface area contributed by atoms with Crippen molar-refractivity contribution in [3.63, 3.8) is 0 Å². The highest BCUT2D eigenvalue weighted by Gasteiger charge is 2.58. The zero-order valence-corrected chi connectivity index (χ0v) is 15.3. The number of hydrogen-bond acceptors (Lipinski definition) is 4. The smallest absolute Gasteiger partial charge is 0.281 e. The SMILES string of the molecule is Cc1ccc(N2C(=O)C[C@]3(CC(c4ccc(Cl)cc4Cl)=NO3)C2=O)cc1. The van der Waals surface area contributed by atoms with E-state index >= 15 is 0 Å². The third kappa shape index (κ3) is 2.68. The van der Waals surface area contributed by atoms with Crippen LogP contribution in [0.15, 0.2) is 47.6 Å². The van der Waals surface area contributed by atoms with Gasteiger partial charge in [-0.15, -0.1) is 0 Å². The normalized spacial score (nSPS) is 22.1. The van der Waals surface area contributed by atoms with E-state index in [1.165, 1.54) is 4.90 Å². The molecule has 0 aliphatic carbocycles. The average Bonchev–Trinajstić information content (AvgIpc) is 3.11. The Morgan fingerprint density at radius 2 is 1.81 bits per heavy atom. The molecule has 2 aliphatic rings. The van der Waals surface area contributed by atoms with Crippen LogP contribution in [0.3, 0.4) is 0 Å². The molecule has 7 heteroatoms. The lowest BCUT2D eigenvalue weighted by molar-refractivity contribution is -0.136. The third-order valence-corrected chi connectivity index (χ3v) is 5.14. The van der Waals surface area contributed by atoms with Gasteiger partial charge in [-0.2, -0.15) is 0 Å². The lowest BCUT2D eigenvalue weighted by Gasteiger charge is -2.19. The summed E-state index contributed by atoms with van der Waals surface area (Å²) in [6.07, 6.45) is 0.124. The number of imide groups is 1. The molecule has 1 spiro atoms. The molecule has 26 heavy (non-hydrogen) atoms. The Kier molecular flexibility index (Phi) is 4.01. The van der Waals surface area contributed by atoms with E-state index in [1.54, 1.807) is 30.3 Å². The number of nitrogens with zero attached hydrogens (tertiary/aromatic N) is 2. The molecule has 2 heterocycles. The van der Waals surface area contributed by atoms with Gasteiger partial charge in [0.2, 0.25) is 11.5 Å². The van der Waals surface area contributed by atoms with Gasteiger partial charge in [-0.3, -0.25) is 9.59 Å². The molecule has 2 amide bonds. The number of aryl methyl sites for hydroxylation is 1. The number of carbonyl (C=O) groups is 2. The van der Waals surface area contributed by atoms with E-state index in [-0.39, 0.29) is 18.7 Å². The molecule has 0 radical (unpaired) electrons. The second-order valence-electron chi connectivity index (χ2n) is 6.47. The predicted molar refractivity (Wildman–Crippen MR) is 99.7 cm³/mol. The van der Waals surface area contributed by atoms with Crippen LogP contribution in [0.2, 0.25) is 10.0 Å². The summed E-state index contributed by atoms with van der Waals surface area (Å²) in [5.41, 5.74) is 1.44. The van der Waals surface area contributed by atoms with Crippen LogP contribution in [0.25, 0.3) is 0 Å². The van der Waals surface area contributed by atoms with Gasteiger partial charge < -0.3 is 4.84 Å². The molecule has 2 aromatic rings. The number of hydrogen-bond donors (Lipinski definition) is 0. The van der Waals surface area contributed by atoms with Gasteiger partial charge in [-0.25, -0.2) is 4.90 Å². The molecule has 0 bridgehead atoms. The maximum atomic E-state index is 13.0. The van der Waals surface area contributed by atoms with Crippen molar-refractivity contribution in [3.8, 4) is 0 Å².